The highest BCUT2D eigenvalue weighted by molar-refractivity contribution is 5.79. The van der Waals surface area contributed by atoms with Crippen molar-refractivity contribution in [2.45, 2.75) is 6.10 Å². The van der Waals surface area contributed by atoms with Crippen molar-refractivity contribution in [1.29, 1.82) is 0 Å². The minimum absolute atomic E-state index is 0.00833. The van der Waals surface area contributed by atoms with Crippen LogP contribution in [0.1, 0.15) is 11.7 Å². The Morgan fingerprint density at radius 2 is 2.00 bits per heavy atom. The molecule has 2 N–H and O–H groups in total. The van der Waals surface area contributed by atoms with Crippen LogP contribution in [-0.4, -0.2) is 71.0 Å². The molecule has 0 aromatic heterocycles. The molecule has 0 amide bonds. The third kappa shape index (κ3) is 6.17. The second-order valence-electron chi connectivity index (χ2n) is 5.47. The molecule has 128 valence electrons. The fourth-order valence-corrected chi connectivity index (χ4v) is 2.57. The summed E-state index contributed by atoms with van der Waals surface area (Å²) < 4.78 is 10.9. The van der Waals surface area contributed by atoms with Crippen molar-refractivity contribution in [3.05, 3.63) is 35.9 Å². The van der Waals surface area contributed by atoms with Crippen LogP contribution in [0.15, 0.2) is 35.3 Å². The predicted molar refractivity (Wildman–Crippen MR) is 92.8 cm³/mol. The van der Waals surface area contributed by atoms with Gasteiger partial charge >= 0.3 is 0 Å². The lowest BCUT2D eigenvalue weighted by Gasteiger charge is -2.27. The molecule has 1 aromatic carbocycles. The molecule has 2 rings (SSSR count). The molecule has 0 saturated carbocycles. The van der Waals surface area contributed by atoms with E-state index in [0.717, 1.165) is 50.9 Å². The maximum atomic E-state index is 5.56. The van der Waals surface area contributed by atoms with Gasteiger partial charge < -0.3 is 20.1 Å². The maximum Gasteiger partial charge on any atom is 0.191 e. The molecule has 0 aliphatic carbocycles. The van der Waals surface area contributed by atoms with E-state index in [1.54, 1.807) is 14.2 Å². The molecule has 1 aliphatic heterocycles. The van der Waals surface area contributed by atoms with Gasteiger partial charge in [0, 0.05) is 46.9 Å². The highest BCUT2D eigenvalue weighted by Gasteiger charge is 2.12. The summed E-state index contributed by atoms with van der Waals surface area (Å²) >= 11 is 0. The predicted octanol–water partition coefficient (Wildman–Crippen LogP) is 0.871. The largest absolute Gasteiger partial charge is 0.379 e. The summed E-state index contributed by atoms with van der Waals surface area (Å²) in [6.45, 7) is 6.22. The Bertz CT molecular complexity index is 461. The zero-order valence-corrected chi connectivity index (χ0v) is 14.1. The molecule has 1 aliphatic rings. The zero-order valence-electron chi connectivity index (χ0n) is 14.1. The number of benzene rings is 1. The Balaban J connectivity index is 1.71. The van der Waals surface area contributed by atoms with Crippen LogP contribution in [-0.2, 0) is 9.47 Å². The third-order valence-electron chi connectivity index (χ3n) is 3.96. The maximum absolute atomic E-state index is 5.56. The van der Waals surface area contributed by atoms with Crippen molar-refractivity contribution in [2.75, 3.05) is 60.1 Å². The van der Waals surface area contributed by atoms with E-state index < -0.39 is 0 Å². The second-order valence-corrected chi connectivity index (χ2v) is 5.47. The minimum atomic E-state index is 0.00833. The molecule has 1 fully saturated rings. The van der Waals surface area contributed by atoms with Crippen LogP contribution in [0.2, 0.25) is 0 Å². The molecule has 23 heavy (non-hydrogen) atoms. The number of methoxy groups -OCH3 is 1. The second kappa shape index (κ2) is 10.2. The van der Waals surface area contributed by atoms with Crippen molar-refractivity contribution >= 4 is 5.96 Å². The first-order valence-corrected chi connectivity index (χ1v) is 8.16. The number of aliphatic imine (C=N–C) groups is 1. The Morgan fingerprint density at radius 3 is 2.65 bits per heavy atom. The molecule has 0 bridgehead atoms. The number of guanidine groups is 1. The number of morpholine rings is 1. The van der Waals surface area contributed by atoms with Crippen molar-refractivity contribution in [3.63, 3.8) is 0 Å². The molecular formula is C17H28N4O2. The Morgan fingerprint density at radius 1 is 1.26 bits per heavy atom. The van der Waals surface area contributed by atoms with Crippen molar-refractivity contribution in [3.8, 4) is 0 Å². The standard InChI is InChI=1S/C17H28N4O2/c1-18-17(19-8-9-21-10-12-23-13-11-21)20-14-16(22-2)15-6-4-3-5-7-15/h3-7,16H,8-14H2,1-2H3,(H2,18,19,20). The van der Waals surface area contributed by atoms with Crippen LogP contribution in [0.4, 0.5) is 0 Å². The Hall–Kier alpha value is -1.63. The summed E-state index contributed by atoms with van der Waals surface area (Å²) in [6.07, 6.45) is 0.00833. The van der Waals surface area contributed by atoms with Gasteiger partial charge in [-0.1, -0.05) is 30.3 Å². The number of nitrogens with zero attached hydrogens (tertiary/aromatic N) is 2. The van der Waals surface area contributed by atoms with Gasteiger partial charge in [0.25, 0.3) is 0 Å². The number of ether oxygens (including phenoxy) is 2. The van der Waals surface area contributed by atoms with Gasteiger partial charge in [0.15, 0.2) is 5.96 Å². The molecule has 0 radical (unpaired) electrons. The zero-order chi connectivity index (χ0) is 16.3. The van der Waals surface area contributed by atoms with E-state index in [1.165, 1.54) is 0 Å². The van der Waals surface area contributed by atoms with Gasteiger partial charge in [-0.2, -0.15) is 0 Å². The first kappa shape index (κ1) is 17.7. The lowest BCUT2D eigenvalue weighted by molar-refractivity contribution is 0.0389. The SMILES string of the molecule is CN=C(NCCN1CCOCC1)NCC(OC)c1ccccc1. The lowest BCUT2D eigenvalue weighted by Crippen LogP contribution is -2.45. The van der Waals surface area contributed by atoms with E-state index in [0.29, 0.717) is 6.54 Å². The topological polar surface area (TPSA) is 58.1 Å². The quantitative estimate of drug-likeness (QED) is 0.577. The van der Waals surface area contributed by atoms with Crippen LogP contribution < -0.4 is 10.6 Å². The van der Waals surface area contributed by atoms with E-state index in [1.807, 2.05) is 18.2 Å². The van der Waals surface area contributed by atoms with E-state index in [-0.39, 0.29) is 6.10 Å². The van der Waals surface area contributed by atoms with Gasteiger partial charge in [-0.15, -0.1) is 0 Å². The van der Waals surface area contributed by atoms with Crippen molar-refractivity contribution in [1.82, 2.24) is 15.5 Å². The van der Waals surface area contributed by atoms with Gasteiger partial charge in [-0.25, -0.2) is 0 Å². The summed E-state index contributed by atoms with van der Waals surface area (Å²) in [5.74, 6) is 0.802. The highest BCUT2D eigenvalue weighted by atomic mass is 16.5. The molecule has 6 nitrogen and oxygen atoms in total. The first-order chi connectivity index (χ1) is 11.3. The van der Waals surface area contributed by atoms with E-state index in [2.05, 4.69) is 32.7 Å². The van der Waals surface area contributed by atoms with Crippen LogP contribution in [0.3, 0.4) is 0 Å². The monoisotopic (exact) mass is 320 g/mol. The van der Waals surface area contributed by atoms with Gasteiger partial charge in [0.2, 0.25) is 0 Å². The fourth-order valence-electron chi connectivity index (χ4n) is 2.57. The number of hydrogen-bond donors (Lipinski definition) is 2. The van der Waals surface area contributed by atoms with Crippen LogP contribution >= 0.6 is 0 Å². The van der Waals surface area contributed by atoms with Crippen LogP contribution in [0.25, 0.3) is 0 Å². The molecule has 1 saturated heterocycles. The molecule has 1 aromatic rings. The smallest absolute Gasteiger partial charge is 0.191 e. The van der Waals surface area contributed by atoms with Gasteiger partial charge in [-0.05, 0) is 5.56 Å². The molecule has 1 heterocycles. The Labute approximate surface area is 138 Å². The normalized spacial score (nSPS) is 17.7. The number of hydrogen-bond acceptors (Lipinski definition) is 4. The molecule has 0 spiro atoms. The van der Waals surface area contributed by atoms with Crippen LogP contribution in [0.5, 0.6) is 0 Å². The molecule has 6 heteroatoms. The fraction of sp³-hybridized carbons (Fsp3) is 0.588. The minimum Gasteiger partial charge on any atom is -0.379 e. The summed E-state index contributed by atoms with van der Waals surface area (Å²) in [4.78, 5) is 6.66. The average molecular weight is 320 g/mol. The molecular weight excluding hydrogens is 292 g/mol. The van der Waals surface area contributed by atoms with E-state index in [4.69, 9.17) is 9.47 Å². The highest BCUT2D eigenvalue weighted by Crippen LogP contribution is 2.14. The lowest BCUT2D eigenvalue weighted by atomic mass is 10.1. The van der Waals surface area contributed by atoms with Gasteiger partial charge in [0.1, 0.15) is 0 Å². The first-order valence-electron chi connectivity index (χ1n) is 8.16. The van der Waals surface area contributed by atoms with Crippen molar-refractivity contribution < 1.29 is 9.47 Å². The summed E-state index contributed by atoms with van der Waals surface area (Å²) in [6, 6.07) is 10.2. The van der Waals surface area contributed by atoms with E-state index >= 15 is 0 Å². The summed E-state index contributed by atoms with van der Waals surface area (Å²) in [5, 5.41) is 6.68. The number of nitrogens with one attached hydrogen (secondary N) is 2. The van der Waals surface area contributed by atoms with Gasteiger partial charge in [0.05, 0.1) is 19.3 Å². The number of rotatable bonds is 7. The van der Waals surface area contributed by atoms with Gasteiger partial charge in [-0.3, -0.25) is 9.89 Å². The summed E-state index contributed by atoms with van der Waals surface area (Å²) in [5.41, 5.74) is 1.16. The molecule has 1 unspecified atom stereocenters. The molecule has 1 atom stereocenters. The Kier molecular flexibility index (Phi) is 7.86. The van der Waals surface area contributed by atoms with Crippen LogP contribution in [0, 0.1) is 0 Å². The van der Waals surface area contributed by atoms with Crippen molar-refractivity contribution in [2.24, 2.45) is 4.99 Å². The summed E-state index contributed by atoms with van der Waals surface area (Å²) in [7, 11) is 3.52. The average Bonchev–Trinajstić information content (AvgIpc) is 2.62. The van der Waals surface area contributed by atoms with E-state index in [9.17, 15) is 0 Å². The third-order valence-corrected chi connectivity index (χ3v) is 3.96.